The topological polar surface area (TPSA) is 4.93 Å². The highest BCUT2D eigenvalue weighted by Crippen LogP contribution is 2.55. The minimum atomic E-state index is 1.24. The van der Waals surface area contributed by atoms with Crippen molar-refractivity contribution < 1.29 is 0 Å². The Morgan fingerprint density at radius 2 is 0.977 bits per heavy atom. The maximum Gasteiger partial charge on any atom is 0.0631 e. The van der Waals surface area contributed by atoms with Gasteiger partial charge in [-0.3, -0.25) is 0 Å². The molecule has 0 radical (unpaired) electrons. The SMILES string of the molecule is c1ccc(-c2ccc3c4c(cccc24)-c2c-3cc3ccc4ccccc4c3c2-n2c3ccccc3c3ccccc32)cc1. The number of hydrogen-bond acceptors (Lipinski definition) is 0. The summed E-state index contributed by atoms with van der Waals surface area (Å²) in [6.07, 6.45) is 0. The van der Waals surface area contributed by atoms with Gasteiger partial charge in [0.2, 0.25) is 0 Å². The summed E-state index contributed by atoms with van der Waals surface area (Å²) in [7, 11) is 0. The van der Waals surface area contributed by atoms with E-state index in [-0.39, 0.29) is 0 Å². The molecule has 1 aromatic heterocycles. The predicted molar refractivity (Wildman–Crippen MR) is 183 cm³/mol. The number of nitrogens with zero attached hydrogens (tertiary/aromatic N) is 1. The summed E-state index contributed by atoms with van der Waals surface area (Å²) in [4.78, 5) is 0. The Labute approximate surface area is 248 Å². The minimum absolute atomic E-state index is 1.24. The van der Waals surface area contributed by atoms with Crippen molar-refractivity contribution in [3.63, 3.8) is 0 Å². The Kier molecular flexibility index (Phi) is 4.51. The highest BCUT2D eigenvalue weighted by Gasteiger charge is 2.29. The normalized spacial score (nSPS) is 12.2. The molecular formula is C42H25N. The van der Waals surface area contributed by atoms with Gasteiger partial charge in [-0.05, 0) is 72.9 Å². The molecular weight excluding hydrogens is 518 g/mol. The minimum Gasteiger partial charge on any atom is -0.308 e. The molecule has 0 aliphatic heterocycles. The quantitative estimate of drug-likeness (QED) is 0.191. The van der Waals surface area contributed by atoms with Crippen LogP contribution in [0.25, 0.3) is 93.2 Å². The average Bonchev–Trinajstić information content (AvgIpc) is 3.58. The first-order chi connectivity index (χ1) is 21.4. The zero-order valence-corrected chi connectivity index (χ0v) is 23.4. The Morgan fingerprint density at radius 1 is 0.349 bits per heavy atom. The van der Waals surface area contributed by atoms with Crippen LogP contribution in [-0.4, -0.2) is 4.57 Å². The molecule has 1 aliphatic rings. The molecule has 0 fully saturated rings. The summed E-state index contributed by atoms with van der Waals surface area (Å²) >= 11 is 0. The highest BCUT2D eigenvalue weighted by molar-refractivity contribution is 6.26. The van der Waals surface area contributed by atoms with Gasteiger partial charge < -0.3 is 4.57 Å². The van der Waals surface area contributed by atoms with E-state index in [1.807, 2.05) is 0 Å². The molecule has 1 heterocycles. The number of para-hydroxylation sites is 2. The van der Waals surface area contributed by atoms with Gasteiger partial charge in [0.05, 0.1) is 16.7 Å². The lowest BCUT2D eigenvalue weighted by Crippen LogP contribution is -2.00. The Morgan fingerprint density at radius 3 is 1.77 bits per heavy atom. The number of fused-ring (bicyclic) bond motifs is 9. The molecule has 0 atom stereocenters. The van der Waals surface area contributed by atoms with E-state index in [2.05, 4.69) is 156 Å². The average molecular weight is 544 g/mol. The third-order valence-corrected chi connectivity index (χ3v) is 9.49. The van der Waals surface area contributed by atoms with E-state index in [9.17, 15) is 0 Å². The number of hydrogen-bond donors (Lipinski definition) is 0. The molecule has 1 nitrogen and oxygen atoms in total. The van der Waals surface area contributed by atoms with Crippen molar-refractivity contribution in [1.29, 1.82) is 0 Å². The first-order valence-electron chi connectivity index (χ1n) is 15.0. The van der Waals surface area contributed by atoms with Crippen LogP contribution in [0.5, 0.6) is 0 Å². The molecule has 0 amide bonds. The van der Waals surface area contributed by atoms with Crippen molar-refractivity contribution >= 4 is 54.1 Å². The van der Waals surface area contributed by atoms with Crippen molar-refractivity contribution in [3.05, 3.63) is 152 Å². The first-order valence-corrected chi connectivity index (χ1v) is 15.0. The second kappa shape index (κ2) is 8.44. The van der Waals surface area contributed by atoms with E-state index >= 15 is 0 Å². The van der Waals surface area contributed by atoms with E-state index in [0.29, 0.717) is 0 Å². The monoisotopic (exact) mass is 543 g/mol. The number of rotatable bonds is 2. The fraction of sp³-hybridized carbons (Fsp3) is 0. The van der Waals surface area contributed by atoms with Crippen molar-refractivity contribution in [1.82, 2.24) is 4.57 Å². The van der Waals surface area contributed by atoms with Gasteiger partial charge in [0.1, 0.15) is 0 Å². The van der Waals surface area contributed by atoms with Crippen LogP contribution in [0, 0.1) is 0 Å². The standard InChI is InChI=1S/C42H25N/c1-2-11-26(12-3-1)29-23-24-34-36-25-28-22-21-27-13-4-5-14-30(27)39(28)42(41(36)35-18-10-17-33(29)40(34)35)43-37-19-8-6-15-31(37)32-16-7-9-20-38(32)43/h1-25H. The molecule has 10 rings (SSSR count). The van der Waals surface area contributed by atoms with Gasteiger partial charge in [-0.15, -0.1) is 0 Å². The summed E-state index contributed by atoms with van der Waals surface area (Å²) in [6, 6.07) is 55.9. The summed E-state index contributed by atoms with van der Waals surface area (Å²) in [5.41, 5.74) is 11.5. The largest absolute Gasteiger partial charge is 0.308 e. The van der Waals surface area contributed by atoms with Crippen molar-refractivity contribution in [2.45, 2.75) is 0 Å². The number of aromatic nitrogens is 1. The van der Waals surface area contributed by atoms with Crippen molar-refractivity contribution in [2.75, 3.05) is 0 Å². The molecule has 43 heavy (non-hydrogen) atoms. The fourth-order valence-corrected chi connectivity index (χ4v) is 7.73. The van der Waals surface area contributed by atoms with Gasteiger partial charge in [0, 0.05) is 21.7 Å². The molecule has 0 N–H and O–H groups in total. The zero-order valence-electron chi connectivity index (χ0n) is 23.4. The summed E-state index contributed by atoms with van der Waals surface area (Å²) in [6.45, 7) is 0. The fourth-order valence-electron chi connectivity index (χ4n) is 7.73. The third kappa shape index (κ3) is 3.01. The van der Waals surface area contributed by atoms with Gasteiger partial charge in [-0.1, -0.05) is 133 Å². The molecule has 0 saturated heterocycles. The second-order valence-corrected chi connectivity index (χ2v) is 11.7. The highest BCUT2D eigenvalue weighted by atomic mass is 15.0. The predicted octanol–water partition coefficient (Wildman–Crippen LogP) is 11.6. The second-order valence-electron chi connectivity index (χ2n) is 11.7. The number of benzene rings is 8. The molecule has 9 aromatic rings. The maximum absolute atomic E-state index is 2.54. The van der Waals surface area contributed by atoms with E-state index in [1.54, 1.807) is 0 Å². The van der Waals surface area contributed by atoms with Crippen LogP contribution in [0.3, 0.4) is 0 Å². The van der Waals surface area contributed by atoms with Crippen LogP contribution >= 0.6 is 0 Å². The van der Waals surface area contributed by atoms with Crippen molar-refractivity contribution in [3.8, 4) is 39.1 Å². The lowest BCUT2D eigenvalue weighted by Gasteiger charge is -2.19. The molecule has 0 saturated carbocycles. The molecule has 0 spiro atoms. The third-order valence-electron chi connectivity index (χ3n) is 9.49. The summed E-state index contributed by atoms with van der Waals surface area (Å²) < 4.78 is 2.54. The molecule has 198 valence electrons. The van der Waals surface area contributed by atoms with E-state index in [1.165, 1.54) is 93.2 Å². The molecule has 0 bridgehead atoms. The van der Waals surface area contributed by atoms with E-state index < -0.39 is 0 Å². The van der Waals surface area contributed by atoms with Crippen LogP contribution in [0.15, 0.2) is 152 Å². The smallest absolute Gasteiger partial charge is 0.0631 e. The van der Waals surface area contributed by atoms with Gasteiger partial charge in [-0.2, -0.15) is 0 Å². The zero-order chi connectivity index (χ0) is 28.1. The van der Waals surface area contributed by atoms with Crippen LogP contribution < -0.4 is 0 Å². The maximum atomic E-state index is 2.54. The van der Waals surface area contributed by atoms with Crippen molar-refractivity contribution in [2.24, 2.45) is 0 Å². The lowest BCUT2D eigenvalue weighted by molar-refractivity contribution is 1.20. The van der Waals surface area contributed by atoms with Crippen LogP contribution in [0.1, 0.15) is 0 Å². The Bertz CT molecular complexity index is 2550. The summed E-state index contributed by atoms with van der Waals surface area (Å²) in [5.74, 6) is 0. The van der Waals surface area contributed by atoms with E-state index in [0.717, 1.165) is 0 Å². The Hall–Kier alpha value is -5.66. The van der Waals surface area contributed by atoms with Gasteiger partial charge in [0.25, 0.3) is 0 Å². The van der Waals surface area contributed by atoms with Gasteiger partial charge in [-0.25, -0.2) is 0 Å². The first kappa shape index (κ1) is 23.0. The van der Waals surface area contributed by atoms with Crippen LogP contribution in [0.4, 0.5) is 0 Å². The Balaban J connectivity index is 1.45. The van der Waals surface area contributed by atoms with Crippen LogP contribution in [0.2, 0.25) is 0 Å². The van der Waals surface area contributed by atoms with Gasteiger partial charge in [0.15, 0.2) is 0 Å². The van der Waals surface area contributed by atoms with Crippen LogP contribution in [-0.2, 0) is 0 Å². The van der Waals surface area contributed by atoms with E-state index in [4.69, 9.17) is 0 Å². The lowest BCUT2D eigenvalue weighted by atomic mass is 9.92. The molecule has 1 aliphatic carbocycles. The molecule has 0 unspecified atom stereocenters. The molecule has 8 aromatic carbocycles. The molecule has 1 heteroatoms. The van der Waals surface area contributed by atoms with Gasteiger partial charge >= 0.3 is 0 Å². The summed E-state index contributed by atoms with van der Waals surface area (Å²) in [5, 5.41) is 10.3.